The van der Waals surface area contributed by atoms with Gasteiger partial charge in [-0.1, -0.05) is 13.8 Å². The maximum Gasteiger partial charge on any atom is 0.129 e. The van der Waals surface area contributed by atoms with E-state index in [-0.39, 0.29) is 5.41 Å². The van der Waals surface area contributed by atoms with Crippen LogP contribution in [0.2, 0.25) is 0 Å². The van der Waals surface area contributed by atoms with Gasteiger partial charge in [0.25, 0.3) is 0 Å². The summed E-state index contributed by atoms with van der Waals surface area (Å²) in [6.45, 7) is 4.54. The number of aryl methyl sites for hydroxylation is 1. The maximum atomic E-state index is 5.85. The molecule has 0 amide bonds. The van der Waals surface area contributed by atoms with Gasteiger partial charge in [-0.2, -0.15) is 5.10 Å². The number of aromatic amines is 1. The number of H-pyrrole nitrogens is 1. The number of nitrogens with one attached hydrogen (secondary N) is 1. The van der Waals surface area contributed by atoms with Crippen LogP contribution in [0.15, 0.2) is 6.20 Å². The lowest BCUT2D eigenvalue weighted by atomic mass is 9.79. The van der Waals surface area contributed by atoms with Gasteiger partial charge in [0, 0.05) is 10.3 Å². The summed E-state index contributed by atoms with van der Waals surface area (Å²) < 4.78 is 0. The number of rotatable bonds is 1. The number of fused-ring (bicyclic) bond motifs is 1. The van der Waals surface area contributed by atoms with Gasteiger partial charge >= 0.3 is 0 Å². The number of nitrogen functional groups attached to an aromatic ring is 1. The topological polar surface area (TPSA) is 67.6 Å². The van der Waals surface area contributed by atoms with E-state index >= 15 is 0 Å². The second kappa shape index (κ2) is 3.57. The molecular formula is C12H16N4S. The van der Waals surface area contributed by atoms with Gasteiger partial charge in [-0.3, -0.25) is 5.10 Å². The molecule has 0 bridgehead atoms. The van der Waals surface area contributed by atoms with Gasteiger partial charge in [-0.25, -0.2) is 4.98 Å². The van der Waals surface area contributed by atoms with E-state index in [1.54, 1.807) is 17.5 Å². The normalized spacial score (nSPS) is 18.0. The lowest BCUT2D eigenvalue weighted by Gasteiger charge is -2.28. The standard InChI is InChI=1S/C12H16N4S/c1-12(2)5-3-4-8-9(12)15-11(17-8)7-6-14-16-10(7)13/h6H,3-5H2,1-2H3,(H3,13,14,16). The van der Waals surface area contributed by atoms with Crippen LogP contribution in [0, 0.1) is 0 Å². The molecule has 2 aromatic heterocycles. The zero-order valence-electron chi connectivity index (χ0n) is 10.1. The van der Waals surface area contributed by atoms with Crippen LogP contribution in [0.25, 0.3) is 10.6 Å². The summed E-state index contributed by atoms with van der Waals surface area (Å²) in [6, 6.07) is 0. The molecule has 3 N–H and O–H groups in total. The molecule has 2 aromatic rings. The number of anilines is 1. The molecule has 0 aliphatic heterocycles. The Morgan fingerprint density at radius 1 is 1.47 bits per heavy atom. The van der Waals surface area contributed by atoms with Crippen LogP contribution in [-0.4, -0.2) is 15.2 Å². The van der Waals surface area contributed by atoms with Crippen molar-refractivity contribution in [2.24, 2.45) is 0 Å². The minimum atomic E-state index is 0.195. The summed E-state index contributed by atoms with van der Waals surface area (Å²) in [6.07, 6.45) is 5.37. The van der Waals surface area contributed by atoms with Crippen LogP contribution < -0.4 is 5.73 Å². The summed E-state index contributed by atoms with van der Waals surface area (Å²) in [5, 5.41) is 7.72. The van der Waals surface area contributed by atoms with Gasteiger partial charge in [-0.15, -0.1) is 11.3 Å². The van der Waals surface area contributed by atoms with Crippen molar-refractivity contribution in [2.45, 2.75) is 38.5 Å². The van der Waals surface area contributed by atoms with Crippen molar-refractivity contribution >= 4 is 17.2 Å². The first-order chi connectivity index (χ1) is 8.08. The summed E-state index contributed by atoms with van der Waals surface area (Å²) in [7, 11) is 0. The van der Waals surface area contributed by atoms with Crippen molar-refractivity contribution in [3.63, 3.8) is 0 Å². The van der Waals surface area contributed by atoms with E-state index in [1.807, 2.05) is 0 Å². The molecule has 0 spiro atoms. The van der Waals surface area contributed by atoms with Crippen LogP contribution in [0.5, 0.6) is 0 Å². The highest BCUT2D eigenvalue weighted by molar-refractivity contribution is 7.15. The minimum absolute atomic E-state index is 0.195. The van der Waals surface area contributed by atoms with Crippen LogP contribution in [0.4, 0.5) is 5.82 Å². The van der Waals surface area contributed by atoms with Crippen molar-refractivity contribution in [3.8, 4) is 10.6 Å². The average Bonchev–Trinajstić information content (AvgIpc) is 2.83. The van der Waals surface area contributed by atoms with E-state index in [9.17, 15) is 0 Å². The third-order valence-electron chi connectivity index (χ3n) is 3.44. The number of aromatic nitrogens is 3. The Bertz CT molecular complexity index is 553. The van der Waals surface area contributed by atoms with E-state index in [2.05, 4.69) is 24.0 Å². The minimum Gasteiger partial charge on any atom is -0.383 e. The molecule has 0 unspecified atom stereocenters. The number of nitrogens with two attached hydrogens (primary N) is 1. The summed E-state index contributed by atoms with van der Waals surface area (Å²) >= 11 is 1.76. The summed E-state index contributed by atoms with van der Waals surface area (Å²) in [5.74, 6) is 0.605. The Morgan fingerprint density at radius 2 is 2.29 bits per heavy atom. The van der Waals surface area contributed by atoms with Crippen LogP contribution in [0.1, 0.15) is 37.3 Å². The van der Waals surface area contributed by atoms with Gasteiger partial charge in [0.1, 0.15) is 10.8 Å². The Kier molecular flexibility index (Phi) is 2.26. The van der Waals surface area contributed by atoms with Crippen molar-refractivity contribution in [1.82, 2.24) is 15.2 Å². The van der Waals surface area contributed by atoms with Gasteiger partial charge in [0.15, 0.2) is 0 Å². The molecule has 0 radical (unpaired) electrons. The second-order valence-electron chi connectivity index (χ2n) is 5.23. The Morgan fingerprint density at radius 3 is 2.94 bits per heavy atom. The predicted molar refractivity (Wildman–Crippen MR) is 70.1 cm³/mol. The molecule has 1 aliphatic carbocycles. The van der Waals surface area contributed by atoms with Crippen LogP contribution in [0.3, 0.4) is 0 Å². The monoisotopic (exact) mass is 248 g/mol. The quantitative estimate of drug-likeness (QED) is 0.815. The third kappa shape index (κ3) is 1.65. The Balaban J connectivity index is 2.11. The van der Waals surface area contributed by atoms with Gasteiger partial charge in [-0.05, 0) is 19.3 Å². The smallest absolute Gasteiger partial charge is 0.129 e. The fourth-order valence-electron chi connectivity index (χ4n) is 2.44. The highest BCUT2D eigenvalue weighted by Gasteiger charge is 2.31. The van der Waals surface area contributed by atoms with Crippen LogP contribution >= 0.6 is 11.3 Å². The fourth-order valence-corrected chi connectivity index (χ4v) is 3.75. The molecule has 0 saturated heterocycles. The molecule has 3 rings (SSSR count). The number of nitrogens with zero attached hydrogens (tertiary/aromatic N) is 2. The summed E-state index contributed by atoms with van der Waals surface area (Å²) in [4.78, 5) is 6.20. The van der Waals surface area contributed by atoms with Crippen molar-refractivity contribution in [2.75, 3.05) is 5.73 Å². The van der Waals surface area contributed by atoms with Crippen molar-refractivity contribution in [3.05, 3.63) is 16.8 Å². The molecule has 4 nitrogen and oxygen atoms in total. The fraction of sp³-hybridized carbons (Fsp3) is 0.500. The number of hydrogen-bond donors (Lipinski definition) is 2. The maximum absolute atomic E-state index is 5.85. The zero-order valence-corrected chi connectivity index (χ0v) is 10.9. The molecule has 17 heavy (non-hydrogen) atoms. The number of thiazole rings is 1. The average molecular weight is 248 g/mol. The predicted octanol–water partition coefficient (Wildman–Crippen LogP) is 2.73. The molecule has 2 heterocycles. The van der Waals surface area contributed by atoms with E-state index < -0.39 is 0 Å². The first-order valence-corrected chi connectivity index (χ1v) is 6.69. The van der Waals surface area contributed by atoms with Gasteiger partial charge in [0.2, 0.25) is 0 Å². The molecule has 0 fully saturated rings. The lowest BCUT2D eigenvalue weighted by Crippen LogP contribution is -2.23. The highest BCUT2D eigenvalue weighted by atomic mass is 32.1. The number of hydrogen-bond acceptors (Lipinski definition) is 4. The van der Waals surface area contributed by atoms with E-state index in [0.29, 0.717) is 5.82 Å². The highest BCUT2D eigenvalue weighted by Crippen LogP contribution is 2.41. The van der Waals surface area contributed by atoms with Crippen LogP contribution in [-0.2, 0) is 11.8 Å². The summed E-state index contributed by atoms with van der Waals surface area (Å²) in [5.41, 5.74) is 8.23. The van der Waals surface area contributed by atoms with Gasteiger partial charge in [0.05, 0.1) is 17.5 Å². The largest absolute Gasteiger partial charge is 0.383 e. The molecule has 1 aliphatic rings. The molecule has 0 atom stereocenters. The third-order valence-corrected chi connectivity index (χ3v) is 4.59. The molecule has 5 heteroatoms. The van der Waals surface area contributed by atoms with Gasteiger partial charge < -0.3 is 5.73 Å². The van der Waals surface area contributed by atoms with E-state index in [4.69, 9.17) is 10.7 Å². The Labute approximate surface area is 104 Å². The molecule has 0 aromatic carbocycles. The first kappa shape index (κ1) is 10.8. The molecular weight excluding hydrogens is 232 g/mol. The first-order valence-electron chi connectivity index (χ1n) is 5.87. The van der Waals surface area contributed by atoms with E-state index in [1.165, 1.54) is 23.4 Å². The Hall–Kier alpha value is -1.36. The lowest BCUT2D eigenvalue weighted by molar-refractivity contribution is 0.424. The van der Waals surface area contributed by atoms with E-state index in [0.717, 1.165) is 17.0 Å². The van der Waals surface area contributed by atoms with Crippen molar-refractivity contribution in [1.29, 1.82) is 0 Å². The second-order valence-corrected chi connectivity index (χ2v) is 6.31. The zero-order chi connectivity index (χ0) is 12.0. The molecule has 0 saturated carbocycles. The van der Waals surface area contributed by atoms with Crippen molar-refractivity contribution < 1.29 is 0 Å². The SMILES string of the molecule is CC1(C)CCCc2sc(-c3cn[nH]c3N)nc21. The molecule has 90 valence electrons.